The minimum atomic E-state index is 0.0274. The van der Waals surface area contributed by atoms with Gasteiger partial charge in [-0.3, -0.25) is 9.97 Å². The fourth-order valence-electron chi connectivity index (χ4n) is 5.03. The Morgan fingerprint density at radius 2 is 1.00 bits per heavy atom. The Morgan fingerprint density at radius 1 is 0.545 bits per heavy atom. The summed E-state index contributed by atoms with van der Waals surface area (Å²) in [5.41, 5.74) is 4.64. The Morgan fingerprint density at radius 3 is 1.41 bits per heavy atom. The molecular weight excluding hydrogens is 548 g/mol. The van der Waals surface area contributed by atoms with E-state index in [0.717, 1.165) is 43.8 Å². The molecule has 0 atom stereocenters. The van der Waals surface area contributed by atoms with Crippen LogP contribution in [0.25, 0.3) is 32.7 Å². The molecule has 0 N–H and O–H groups in total. The summed E-state index contributed by atoms with van der Waals surface area (Å²) in [5, 5.41) is 3.93. The molecule has 0 bridgehead atoms. The maximum absolute atomic E-state index is 6.37. The minimum absolute atomic E-state index is 0.0274. The van der Waals surface area contributed by atoms with Crippen molar-refractivity contribution in [3.8, 4) is 46.3 Å². The van der Waals surface area contributed by atoms with E-state index in [1.165, 1.54) is 0 Å². The van der Waals surface area contributed by atoms with Gasteiger partial charge in [0.1, 0.15) is 11.5 Å². The Kier molecular flexibility index (Phi) is 8.76. The first-order chi connectivity index (χ1) is 21.8. The molecular formula is C38H28N2O4. The van der Waals surface area contributed by atoms with Crippen LogP contribution in [0.3, 0.4) is 0 Å². The SMILES string of the molecule is COCOc1c(C#Cc2cccnc2)cc2ccccc2c1-c1c(OCOC)c(C#Cc2cccnc2)cc2ccccc12. The van der Waals surface area contributed by atoms with E-state index in [1.807, 2.05) is 60.7 Å². The van der Waals surface area contributed by atoms with Gasteiger partial charge in [-0.1, -0.05) is 72.2 Å². The zero-order valence-electron chi connectivity index (χ0n) is 24.3. The molecule has 2 aromatic heterocycles. The van der Waals surface area contributed by atoms with Crippen LogP contribution < -0.4 is 9.47 Å². The summed E-state index contributed by atoms with van der Waals surface area (Å²) in [6.07, 6.45) is 6.92. The molecule has 0 unspecified atom stereocenters. The molecule has 0 aliphatic heterocycles. The number of aromatic nitrogens is 2. The number of benzene rings is 4. The molecule has 0 spiro atoms. The van der Waals surface area contributed by atoms with Crippen molar-refractivity contribution in [2.45, 2.75) is 0 Å². The van der Waals surface area contributed by atoms with Crippen LogP contribution in [-0.4, -0.2) is 37.8 Å². The van der Waals surface area contributed by atoms with Gasteiger partial charge in [0.15, 0.2) is 13.6 Å². The van der Waals surface area contributed by atoms with E-state index >= 15 is 0 Å². The van der Waals surface area contributed by atoms with Crippen LogP contribution in [0.2, 0.25) is 0 Å². The van der Waals surface area contributed by atoms with Crippen molar-refractivity contribution in [1.29, 1.82) is 0 Å². The summed E-state index contributed by atoms with van der Waals surface area (Å²) in [6, 6.07) is 28.0. The van der Waals surface area contributed by atoms with Crippen molar-refractivity contribution >= 4 is 21.5 Å². The summed E-state index contributed by atoms with van der Waals surface area (Å²) >= 11 is 0. The van der Waals surface area contributed by atoms with E-state index in [0.29, 0.717) is 22.6 Å². The lowest BCUT2D eigenvalue weighted by atomic mass is 9.88. The fraction of sp³-hybridized carbons (Fsp3) is 0.105. The first-order valence-electron chi connectivity index (χ1n) is 14.0. The predicted octanol–water partition coefficient (Wildman–Crippen LogP) is 7.22. The Balaban J connectivity index is 1.72. The van der Waals surface area contributed by atoms with E-state index in [9.17, 15) is 0 Å². The van der Waals surface area contributed by atoms with Gasteiger partial charge < -0.3 is 18.9 Å². The first-order valence-corrected chi connectivity index (χ1v) is 14.0. The summed E-state index contributed by atoms with van der Waals surface area (Å²) in [4.78, 5) is 8.42. The molecule has 0 aliphatic carbocycles. The molecule has 6 rings (SSSR count). The highest BCUT2D eigenvalue weighted by atomic mass is 16.7. The molecule has 6 nitrogen and oxygen atoms in total. The van der Waals surface area contributed by atoms with E-state index in [2.05, 4.69) is 57.9 Å². The molecule has 0 aliphatic rings. The van der Waals surface area contributed by atoms with Crippen molar-refractivity contribution in [2.75, 3.05) is 27.8 Å². The summed E-state index contributed by atoms with van der Waals surface area (Å²) in [7, 11) is 3.19. The van der Waals surface area contributed by atoms with Crippen LogP contribution in [0.5, 0.6) is 11.5 Å². The molecule has 0 fully saturated rings. The average molecular weight is 577 g/mol. The quantitative estimate of drug-likeness (QED) is 0.148. The van der Waals surface area contributed by atoms with Crippen LogP contribution in [0, 0.1) is 23.7 Å². The molecule has 0 saturated heterocycles. The highest BCUT2D eigenvalue weighted by molar-refractivity contribution is 6.11. The van der Waals surface area contributed by atoms with Crippen molar-refractivity contribution in [3.63, 3.8) is 0 Å². The van der Waals surface area contributed by atoms with Gasteiger partial charge in [-0.05, 0) is 57.9 Å². The highest BCUT2D eigenvalue weighted by Crippen LogP contribution is 2.48. The lowest BCUT2D eigenvalue weighted by molar-refractivity contribution is 0.0500. The second-order valence-electron chi connectivity index (χ2n) is 9.78. The van der Waals surface area contributed by atoms with Crippen molar-refractivity contribution in [2.24, 2.45) is 0 Å². The van der Waals surface area contributed by atoms with Crippen LogP contribution >= 0.6 is 0 Å². The standard InChI is InChI=1S/C38H28N2O4/c1-41-25-43-37-31(17-15-27-9-7-19-39-23-27)21-29-11-3-5-13-33(29)35(37)36-34-14-6-4-12-30(34)22-32(38(36)44-26-42-2)18-16-28-10-8-20-40-24-28/h3-14,19-24H,25-26H2,1-2H3. The van der Waals surface area contributed by atoms with Gasteiger partial charge in [0.25, 0.3) is 0 Å². The number of pyridine rings is 2. The summed E-state index contributed by atoms with van der Waals surface area (Å²) in [6.45, 7) is 0.0548. The van der Waals surface area contributed by atoms with Gasteiger partial charge in [0.2, 0.25) is 0 Å². The topological polar surface area (TPSA) is 62.7 Å². The number of ether oxygens (including phenoxy) is 4. The first kappa shape index (κ1) is 28.5. The van der Waals surface area contributed by atoms with Crippen molar-refractivity contribution in [1.82, 2.24) is 9.97 Å². The van der Waals surface area contributed by atoms with Gasteiger partial charge in [-0.25, -0.2) is 0 Å². The number of nitrogens with zero attached hydrogens (tertiary/aromatic N) is 2. The van der Waals surface area contributed by atoms with Gasteiger partial charge in [0, 0.05) is 61.3 Å². The third-order valence-corrected chi connectivity index (χ3v) is 6.90. The highest BCUT2D eigenvalue weighted by Gasteiger charge is 2.24. The number of hydrogen-bond donors (Lipinski definition) is 0. The minimum Gasteiger partial charge on any atom is -0.466 e. The molecule has 0 saturated carbocycles. The van der Waals surface area contributed by atoms with Crippen LogP contribution in [0.4, 0.5) is 0 Å². The number of rotatable bonds is 7. The summed E-state index contributed by atoms with van der Waals surface area (Å²) < 4.78 is 23.5. The molecule has 0 amide bonds. The number of methoxy groups -OCH3 is 2. The lowest BCUT2D eigenvalue weighted by Gasteiger charge is -2.21. The predicted molar refractivity (Wildman–Crippen MR) is 172 cm³/mol. The van der Waals surface area contributed by atoms with Crippen LogP contribution in [0.1, 0.15) is 22.3 Å². The zero-order valence-corrected chi connectivity index (χ0v) is 24.3. The van der Waals surface area contributed by atoms with E-state index in [1.54, 1.807) is 39.0 Å². The maximum Gasteiger partial charge on any atom is 0.188 e. The number of fused-ring (bicyclic) bond motifs is 2. The van der Waals surface area contributed by atoms with Gasteiger partial charge in [-0.15, -0.1) is 0 Å². The van der Waals surface area contributed by atoms with Crippen LogP contribution in [-0.2, 0) is 9.47 Å². The Bertz CT molecular complexity index is 1900. The normalized spacial score (nSPS) is 10.5. The van der Waals surface area contributed by atoms with Crippen molar-refractivity contribution < 1.29 is 18.9 Å². The van der Waals surface area contributed by atoms with Gasteiger partial charge in [-0.2, -0.15) is 0 Å². The largest absolute Gasteiger partial charge is 0.466 e. The van der Waals surface area contributed by atoms with Crippen LogP contribution in [0.15, 0.2) is 110 Å². The maximum atomic E-state index is 6.37. The second kappa shape index (κ2) is 13.5. The fourth-order valence-corrected chi connectivity index (χ4v) is 5.03. The van der Waals surface area contributed by atoms with Gasteiger partial charge in [0.05, 0.1) is 11.1 Å². The second-order valence-corrected chi connectivity index (χ2v) is 9.78. The summed E-state index contributed by atoms with van der Waals surface area (Å²) in [5.74, 6) is 14.3. The van der Waals surface area contributed by atoms with Crippen molar-refractivity contribution in [3.05, 3.63) is 132 Å². The number of hydrogen-bond acceptors (Lipinski definition) is 6. The van der Waals surface area contributed by atoms with E-state index in [4.69, 9.17) is 18.9 Å². The molecule has 2 heterocycles. The van der Waals surface area contributed by atoms with E-state index < -0.39 is 0 Å². The Labute approximate surface area is 256 Å². The lowest BCUT2D eigenvalue weighted by Crippen LogP contribution is -2.06. The van der Waals surface area contributed by atoms with Gasteiger partial charge >= 0.3 is 0 Å². The third kappa shape index (κ3) is 6.09. The molecule has 44 heavy (non-hydrogen) atoms. The molecule has 6 aromatic rings. The molecule has 214 valence electrons. The molecule has 0 radical (unpaired) electrons. The smallest absolute Gasteiger partial charge is 0.188 e. The van der Waals surface area contributed by atoms with E-state index in [-0.39, 0.29) is 13.6 Å². The molecule has 4 aromatic carbocycles. The molecule has 6 heteroatoms. The zero-order chi connectivity index (χ0) is 30.1. The third-order valence-electron chi connectivity index (χ3n) is 6.90. The monoisotopic (exact) mass is 576 g/mol. The Hall–Kier alpha value is -5.66. The average Bonchev–Trinajstić information content (AvgIpc) is 3.08.